The second kappa shape index (κ2) is 12.4. The normalized spacial score (nSPS) is 25.1. The molecule has 22 heavy (non-hydrogen) atoms. The average molecular weight is 312 g/mol. The van der Waals surface area contributed by atoms with E-state index in [4.69, 9.17) is 0 Å². The maximum absolute atomic E-state index is 14.1. The van der Waals surface area contributed by atoms with E-state index in [0.29, 0.717) is 5.92 Å². The van der Waals surface area contributed by atoms with E-state index < -0.39 is 6.17 Å². The number of hydrogen-bond donors (Lipinski definition) is 0. The highest BCUT2D eigenvalue weighted by molar-refractivity contribution is 4.82. The van der Waals surface area contributed by atoms with Crippen molar-refractivity contribution in [3.63, 3.8) is 0 Å². The van der Waals surface area contributed by atoms with Crippen LogP contribution >= 0.6 is 0 Å². The van der Waals surface area contributed by atoms with Gasteiger partial charge in [0.1, 0.15) is 6.17 Å². The molecule has 1 heteroatoms. The summed E-state index contributed by atoms with van der Waals surface area (Å²) in [6.45, 7) is 6.77. The quantitative estimate of drug-likeness (QED) is 0.327. The van der Waals surface area contributed by atoms with Gasteiger partial charge < -0.3 is 0 Å². The number of halogens is 1. The predicted molar refractivity (Wildman–Crippen MR) is 96.7 cm³/mol. The van der Waals surface area contributed by atoms with Gasteiger partial charge in [0.2, 0.25) is 0 Å². The largest absolute Gasteiger partial charge is 0.247 e. The molecule has 0 N–H and O–H groups in total. The monoisotopic (exact) mass is 311 g/mol. The second-order valence-electron chi connectivity index (χ2n) is 7.74. The third-order valence-corrected chi connectivity index (χ3v) is 5.74. The zero-order valence-corrected chi connectivity index (χ0v) is 15.5. The number of unbranched alkanes of at least 4 members (excludes halogenated alkanes) is 5. The lowest BCUT2D eigenvalue weighted by atomic mass is 9.73. The first-order valence-corrected chi connectivity index (χ1v) is 10.1. The first-order chi connectivity index (χ1) is 10.7. The molecule has 0 aromatic rings. The van der Waals surface area contributed by atoms with Crippen LogP contribution in [0.15, 0.2) is 0 Å². The Bertz CT molecular complexity index is 242. The van der Waals surface area contributed by atoms with Gasteiger partial charge in [-0.05, 0) is 49.9 Å². The van der Waals surface area contributed by atoms with Crippen molar-refractivity contribution in [2.45, 2.75) is 110 Å². The van der Waals surface area contributed by atoms with Crippen molar-refractivity contribution >= 4 is 0 Å². The van der Waals surface area contributed by atoms with Crippen LogP contribution in [-0.2, 0) is 0 Å². The van der Waals surface area contributed by atoms with Gasteiger partial charge in [-0.2, -0.15) is 0 Å². The molecule has 1 radical (unpaired) electrons. The Labute approximate surface area is 139 Å². The SMILES string of the molecule is CCCCC[CH]C(F)CC(C)[C@H]1CC[C@H](CCCCC)CC1. The van der Waals surface area contributed by atoms with E-state index in [9.17, 15) is 4.39 Å². The Morgan fingerprint density at radius 2 is 1.59 bits per heavy atom. The zero-order valence-electron chi connectivity index (χ0n) is 15.5. The van der Waals surface area contributed by atoms with Crippen LogP contribution in [0.3, 0.4) is 0 Å². The Kier molecular flexibility index (Phi) is 11.2. The van der Waals surface area contributed by atoms with Crippen LogP contribution in [0.4, 0.5) is 4.39 Å². The van der Waals surface area contributed by atoms with Crippen molar-refractivity contribution in [2.75, 3.05) is 0 Å². The van der Waals surface area contributed by atoms with Crippen molar-refractivity contribution in [2.24, 2.45) is 17.8 Å². The van der Waals surface area contributed by atoms with Gasteiger partial charge in [-0.25, -0.2) is 4.39 Å². The minimum atomic E-state index is -0.672. The van der Waals surface area contributed by atoms with E-state index in [-0.39, 0.29) is 0 Å². The van der Waals surface area contributed by atoms with Crippen LogP contribution in [0, 0.1) is 24.2 Å². The van der Waals surface area contributed by atoms with Crippen molar-refractivity contribution in [3.05, 3.63) is 6.42 Å². The van der Waals surface area contributed by atoms with E-state index in [1.807, 2.05) is 6.42 Å². The van der Waals surface area contributed by atoms with E-state index in [1.165, 1.54) is 64.2 Å². The van der Waals surface area contributed by atoms with Gasteiger partial charge in [0.15, 0.2) is 0 Å². The van der Waals surface area contributed by atoms with Gasteiger partial charge in [0.05, 0.1) is 0 Å². The fourth-order valence-electron chi connectivity index (χ4n) is 4.07. The molecule has 1 saturated carbocycles. The van der Waals surface area contributed by atoms with Crippen LogP contribution < -0.4 is 0 Å². The zero-order chi connectivity index (χ0) is 16.2. The van der Waals surface area contributed by atoms with E-state index >= 15 is 0 Å². The van der Waals surface area contributed by atoms with Gasteiger partial charge in [0.25, 0.3) is 0 Å². The van der Waals surface area contributed by atoms with Crippen LogP contribution in [0.25, 0.3) is 0 Å². The summed E-state index contributed by atoms with van der Waals surface area (Å²) >= 11 is 0. The molecule has 1 aliphatic carbocycles. The molecule has 1 fully saturated rings. The molecule has 0 aliphatic heterocycles. The van der Waals surface area contributed by atoms with E-state index in [1.54, 1.807) is 0 Å². The topological polar surface area (TPSA) is 0 Å². The van der Waals surface area contributed by atoms with Crippen molar-refractivity contribution in [3.8, 4) is 0 Å². The minimum Gasteiger partial charge on any atom is -0.247 e. The summed E-state index contributed by atoms with van der Waals surface area (Å²) in [5.41, 5.74) is 0. The summed E-state index contributed by atoms with van der Waals surface area (Å²) in [6.07, 6.45) is 17.7. The number of alkyl halides is 1. The molecule has 0 bridgehead atoms. The summed E-state index contributed by atoms with van der Waals surface area (Å²) in [5.74, 6) is 2.32. The molecule has 2 unspecified atom stereocenters. The third kappa shape index (κ3) is 8.53. The van der Waals surface area contributed by atoms with Gasteiger partial charge >= 0.3 is 0 Å². The van der Waals surface area contributed by atoms with E-state index in [0.717, 1.165) is 31.1 Å². The average Bonchev–Trinajstić information content (AvgIpc) is 2.52. The fraction of sp³-hybridized carbons (Fsp3) is 0.952. The standard InChI is InChI=1S/C21H40F/c1-4-6-8-10-12-21(22)17-18(3)20-15-13-19(14-16-20)11-9-7-5-2/h12,18-21H,4-11,13-17H2,1-3H3/t18?,19-,20-,21?. The highest BCUT2D eigenvalue weighted by Crippen LogP contribution is 2.37. The molecule has 1 aliphatic rings. The van der Waals surface area contributed by atoms with Gasteiger partial charge in [-0.1, -0.05) is 78.6 Å². The second-order valence-corrected chi connectivity index (χ2v) is 7.74. The van der Waals surface area contributed by atoms with Gasteiger partial charge in [-0.15, -0.1) is 0 Å². The molecule has 0 aromatic carbocycles. The summed E-state index contributed by atoms with van der Waals surface area (Å²) in [5, 5.41) is 0. The molecule has 0 heterocycles. The molecule has 0 saturated heterocycles. The highest BCUT2D eigenvalue weighted by Gasteiger charge is 2.26. The minimum absolute atomic E-state index is 0.564. The van der Waals surface area contributed by atoms with Crippen LogP contribution in [0.1, 0.15) is 104 Å². The lowest BCUT2D eigenvalue weighted by molar-refractivity contribution is 0.174. The lowest BCUT2D eigenvalue weighted by Crippen LogP contribution is -2.22. The van der Waals surface area contributed by atoms with Crippen molar-refractivity contribution in [1.82, 2.24) is 0 Å². The molecule has 0 amide bonds. The first kappa shape index (κ1) is 20.0. The van der Waals surface area contributed by atoms with Gasteiger partial charge in [0, 0.05) is 0 Å². The van der Waals surface area contributed by atoms with Gasteiger partial charge in [-0.3, -0.25) is 0 Å². The molecule has 0 aromatic heterocycles. The number of rotatable bonds is 12. The molecule has 0 nitrogen and oxygen atoms in total. The molecule has 2 atom stereocenters. The number of hydrogen-bond acceptors (Lipinski definition) is 0. The Morgan fingerprint density at radius 1 is 0.955 bits per heavy atom. The lowest BCUT2D eigenvalue weighted by Gasteiger charge is -2.33. The summed E-state index contributed by atoms with van der Waals surface area (Å²) in [4.78, 5) is 0. The molecular formula is C21H40F. The predicted octanol–water partition coefficient (Wildman–Crippen LogP) is 7.52. The first-order valence-electron chi connectivity index (χ1n) is 10.1. The third-order valence-electron chi connectivity index (χ3n) is 5.74. The Hall–Kier alpha value is -0.0700. The summed E-state index contributed by atoms with van der Waals surface area (Å²) < 4.78 is 14.1. The van der Waals surface area contributed by atoms with E-state index in [2.05, 4.69) is 20.8 Å². The molecule has 131 valence electrons. The maximum atomic E-state index is 14.1. The summed E-state index contributed by atoms with van der Waals surface area (Å²) in [7, 11) is 0. The van der Waals surface area contributed by atoms with Crippen molar-refractivity contribution < 1.29 is 4.39 Å². The maximum Gasteiger partial charge on any atom is 0.104 e. The highest BCUT2D eigenvalue weighted by atomic mass is 19.1. The molecule has 0 spiro atoms. The van der Waals surface area contributed by atoms with Crippen LogP contribution in [-0.4, -0.2) is 6.17 Å². The summed E-state index contributed by atoms with van der Waals surface area (Å²) in [6, 6.07) is 0. The van der Waals surface area contributed by atoms with Crippen LogP contribution in [0.2, 0.25) is 0 Å². The Morgan fingerprint density at radius 3 is 2.23 bits per heavy atom. The Balaban J connectivity index is 2.12. The smallest absolute Gasteiger partial charge is 0.104 e. The fourth-order valence-corrected chi connectivity index (χ4v) is 4.07. The molecule has 1 rings (SSSR count). The van der Waals surface area contributed by atoms with Crippen molar-refractivity contribution in [1.29, 1.82) is 0 Å². The van der Waals surface area contributed by atoms with Crippen LogP contribution in [0.5, 0.6) is 0 Å². The molecular weight excluding hydrogens is 271 g/mol.